The summed E-state index contributed by atoms with van der Waals surface area (Å²) >= 11 is 0. The van der Waals surface area contributed by atoms with E-state index in [-0.39, 0.29) is 6.10 Å². The van der Waals surface area contributed by atoms with E-state index < -0.39 is 0 Å². The number of benzene rings is 1. The molecule has 0 saturated carbocycles. The molecule has 0 amide bonds. The Hall–Kier alpha value is -1.10. The average Bonchev–Trinajstić information content (AvgIpc) is 2.81. The first-order valence-corrected chi connectivity index (χ1v) is 7.91. The fourth-order valence-corrected chi connectivity index (χ4v) is 3.31. The van der Waals surface area contributed by atoms with Crippen molar-refractivity contribution in [1.82, 2.24) is 10.2 Å². The Kier molecular flexibility index (Phi) is 5.62. The molecule has 2 rings (SSSR count). The predicted octanol–water partition coefficient (Wildman–Crippen LogP) is 1.86. The summed E-state index contributed by atoms with van der Waals surface area (Å²) in [4.78, 5) is 4.53. The third kappa shape index (κ3) is 3.96. The fraction of sp³-hybridized carbons (Fsp3) is 0.647. The lowest BCUT2D eigenvalue weighted by Crippen LogP contribution is -2.37. The highest BCUT2D eigenvalue weighted by Gasteiger charge is 2.31. The minimum atomic E-state index is -0.213. The van der Waals surface area contributed by atoms with Gasteiger partial charge in [-0.05, 0) is 51.7 Å². The highest BCUT2D eigenvalue weighted by molar-refractivity contribution is 5.50. The zero-order chi connectivity index (χ0) is 15.4. The van der Waals surface area contributed by atoms with Crippen molar-refractivity contribution in [3.8, 4) is 0 Å². The van der Waals surface area contributed by atoms with Crippen molar-refractivity contribution in [2.75, 3.05) is 39.1 Å². The van der Waals surface area contributed by atoms with Gasteiger partial charge < -0.3 is 20.2 Å². The Morgan fingerprint density at radius 3 is 2.52 bits per heavy atom. The van der Waals surface area contributed by atoms with Crippen LogP contribution < -0.4 is 10.2 Å². The van der Waals surface area contributed by atoms with E-state index >= 15 is 0 Å². The van der Waals surface area contributed by atoms with Gasteiger partial charge >= 0.3 is 0 Å². The molecule has 0 radical (unpaired) electrons. The van der Waals surface area contributed by atoms with E-state index in [9.17, 15) is 5.11 Å². The summed E-state index contributed by atoms with van der Waals surface area (Å²) in [6.07, 6.45) is 1.73. The van der Waals surface area contributed by atoms with E-state index in [0.29, 0.717) is 12.1 Å². The molecular weight excluding hydrogens is 262 g/mol. The van der Waals surface area contributed by atoms with Gasteiger partial charge in [-0.25, -0.2) is 0 Å². The van der Waals surface area contributed by atoms with E-state index in [2.05, 4.69) is 60.4 Å². The molecule has 1 heterocycles. The Labute approximate surface area is 128 Å². The van der Waals surface area contributed by atoms with Crippen LogP contribution in [0.3, 0.4) is 0 Å². The number of aliphatic hydroxyl groups excluding tert-OH is 1. The van der Waals surface area contributed by atoms with Crippen LogP contribution in [0.15, 0.2) is 24.3 Å². The first-order chi connectivity index (χ1) is 10.0. The maximum Gasteiger partial charge on any atom is 0.0735 e. The summed E-state index contributed by atoms with van der Waals surface area (Å²) in [5.74, 6) is 0. The van der Waals surface area contributed by atoms with E-state index in [0.717, 1.165) is 25.9 Å². The van der Waals surface area contributed by atoms with Gasteiger partial charge in [-0.1, -0.05) is 19.1 Å². The predicted molar refractivity (Wildman–Crippen MR) is 88.8 cm³/mol. The van der Waals surface area contributed by atoms with Gasteiger partial charge in [0.1, 0.15) is 0 Å². The fourth-order valence-electron chi connectivity index (χ4n) is 3.31. The minimum absolute atomic E-state index is 0.213. The zero-order valence-electron chi connectivity index (χ0n) is 13.7. The number of likely N-dealkylation sites (N-methyl/N-ethyl adjacent to an activating group) is 1. The molecule has 118 valence electrons. The van der Waals surface area contributed by atoms with Crippen LogP contribution in [-0.4, -0.2) is 56.4 Å². The lowest BCUT2D eigenvalue weighted by Gasteiger charge is -2.29. The topological polar surface area (TPSA) is 38.7 Å². The SMILES string of the molecule is CCC(NC)c1ccc(N2CC(O)CC2CN(C)C)cc1. The molecule has 4 nitrogen and oxygen atoms in total. The van der Waals surface area contributed by atoms with Gasteiger partial charge in [0.15, 0.2) is 0 Å². The maximum atomic E-state index is 9.99. The van der Waals surface area contributed by atoms with Gasteiger partial charge in [0.2, 0.25) is 0 Å². The number of aliphatic hydroxyl groups is 1. The summed E-state index contributed by atoms with van der Waals surface area (Å²) in [6.45, 7) is 3.91. The van der Waals surface area contributed by atoms with E-state index in [4.69, 9.17) is 0 Å². The van der Waals surface area contributed by atoms with Gasteiger partial charge in [-0.2, -0.15) is 0 Å². The number of β-amino-alcohol motifs (C(OH)–C–C–N with tert-alkyl or cyclic N) is 1. The summed E-state index contributed by atoms with van der Waals surface area (Å²) in [5.41, 5.74) is 2.54. The lowest BCUT2D eigenvalue weighted by molar-refractivity contribution is 0.191. The molecule has 3 atom stereocenters. The summed E-state index contributed by atoms with van der Waals surface area (Å²) in [5, 5.41) is 13.3. The Morgan fingerprint density at radius 2 is 2.00 bits per heavy atom. The van der Waals surface area contributed by atoms with Crippen molar-refractivity contribution in [1.29, 1.82) is 0 Å². The zero-order valence-corrected chi connectivity index (χ0v) is 13.7. The standard InChI is InChI=1S/C17H29N3O/c1-5-17(18-2)13-6-8-14(9-7-13)20-12-16(21)10-15(20)11-19(3)4/h6-9,15-18,21H,5,10-12H2,1-4H3. The molecule has 1 fully saturated rings. The molecule has 21 heavy (non-hydrogen) atoms. The van der Waals surface area contributed by atoms with Crippen LogP contribution in [0, 0.1) is 0 Å². The highest BCUT2D eigenvalue weighted by Crippen LogP contribution is 2.28. The Morgan fingerprint density at radius 1 is 1.33 bits per heavy atom. The van der Waals surface area contributed by atoms with Gasteiger partial charge in [0.25, 0.3) is 0 Å². The van der Waals surface area contributed by atoms with Crippen LogP contribution in [0.25, 0.3) is 0 Å². The second-order valence-electron chi connectivity index (χ2n) is 6.30. The van der Waals surface area contributed by atoms with Crippen molar-refractivity contribution in [3.05, 3.63) is 29.8 Å². The van der Waals surface area contributed by atoms with Crippen molar-refractivity contribution in [3.63, 3.8) is 0 Å². The van der Waals surface area contributed by atoms with Crippen LogP contribution >= 0.6 is 0 Å². The normalized spacial score (nSPS) is 23.8. The molecule has 1 aromatic rings. The molecule has 0 bridgehead atoms. The van der Waals surface area contributed by atoms with Crippen LogP contribution in [-0.2, 0) is 0 Å². The molecule has 0 aromatic heterocycles. The van der Waals surface area contributed by atoms with Crippen molar-refractivity contribution in [2.24, 2.45) is 0 Å². The molecule has 1 aromatic carbocycles. The first kappa shape index (κ1) is 16.3. The minimum Gasteiger partial charge on any atom is -0.391 e. The van der Waals surface area contributed by atoms with Crippen LogP contribution in [0.5, 0.6) is 0 Å². The van der Waals surface area contributed by atoms with Gasteiger partial charge in [0.05, 0.1) is 6.10 Å². The second-order valence-corrected chi connectivity index (χ2v) is 6.30. The van der Waals surface area contributed by atoms with E-state index in [1.165, 1.54) is 11.3 Å². The first-order valence-electron chi connectivity index (χ1n) is 7.91. The molecule has 4 heteroatoms. The maximum absolute atomic E-state index is 9.99. The number of nitrogens with zero attached hydrogens (tertiary/aromatic N) is 2. The molecular formula is C17H29N3O. The molecule has 1 aliphatic heterocycles. The monoisotopic (exact) mass is 291 g/mol. The van der Waals surface area contributed by atoms with Crippen molar-refractivity contribution in [2.45, 2.75) is 38.0 Å². The third-order valence-electron chi connectivity index (χ3n) is 4.35. The van der Waals surface area contributed by atoms with E-state index in [1.54, 1.807) is 0 Å². The average molecular weight is 291 g/mol. The molecule has 1 aliphatic rings. The smallest absolute Gasteiger partial charge is 0.0735 e. The quantitative estimate of drug-likeness (QED) is 0.839. The lowest BCUT2D eigenvalue weighted by atomic mass is 10.0. The summed E-state index contributed by atoms with van der Waals surface area (Å²) in [6, 6.07) is 9.61. The molecule has 1 saturated heterocycles. The van der Waals surface area contributed by atoms with E-state index in [1.807, 2.05) is 7.05 Å². The number of hydrogen-bond acceptors (Lipinski definition) is 4. The third-order valence-corrected chi connectivity index (χ3v) is 4.35. The molecule has 0 spiro atoms. The van der Waals surface area contributed by atoms with Gasteiger partial charge in [-0.15, -0.1) is 0 Å². The van der Waals surface area contributed by atoms with Crippen LogP contribution in [0.2, 0.25) is 0 Å². The van der Waals surface area contributed by atoms with Crippen LogP contribution in [0.1, 0.15) is 31.4 Å². The number of rotatable bonds is 6. The van der Waals surface area contributed by atoms with Crippen LogP contribution in [0.4, 0.5) is 5.69 Å². The number of nitrogens with one attached hydrogen (secondary N) is 1. The Balaban J connectivity index is 2.13. The second kappa shape index (κ2) is 7.25. The highest BCUT2D eigenvalue weighted by atomic mass is 16.3. The van der Waals surface area contributed by atoms with Gasteiger partial charge in [-0.3, -0.25) is 0 Å². The molecule has 0 aliphatic carbocycles. The number of hydrogen-bond donors (Lipinski definition) is 2. The molecule has 3 unspecified atom stereocenters. The van der Waals surface area contributed by atoms with Crippen molar-refractivity contribution < 1.29 is 5.11 Å². The summed E-state index contributed by atoms with van der Waals surface area (Å²) < 4.78 is 0. The molecule has 2 N–H and O–H groups in total. The largest absolute Gasteiger partial charge is 0.391 e. The summed E-state index contributed by atoms with van der Waals surface area (Å²) in [7, 11) is 6.18. The number of anilines is 1. The Bertz CT molecular complexity index is 428. The van der Waals surface area contributed by atoms with Gasteiger partial charge in [0, 0.05) is 30.9 Å². The van der Waals surface area contributed by atoms with Crippen molar-refractivity contribution >= 4 is 5.69 Å².